The van der Waals surface area contributed by atoms with Gasteiger partial charge in [0.05, 0.1) is 26.9 Å². The Morgan fingerprint density at radius 2 is 2.00 bits per heavy atom. The zero-order chi connectivity index (χ0) is 20.7. The van der Waals surface area contributed by atoms with Gasteiger partial charge < -0.3 is 15.7 Å². The monoisotopic (exact) mass is 432 g/mol. The minimum atomic E-state index is -4.45. The van der Waals surface area contributed by atoms with Gasteiger partial charge in [-0.1, -0.05) is 35.3 Å². The van der Waals surface area contributed by atoms with Crippen LogP contribution < -0.4 is 10.6 Å². The first-order valence-corrected chi connectivity index (χ1v) is 9.19. The molecule has 1 atom stereocenters. The minimum Gasteiger partial charge on any atom is -0.385 e. The summed E-state index contributed by atoms with van der Waals surface area (Å²) in [7, 11) is 0. The summed E-state index contributed by atoms with van der Waals surface area (Å²) >= 11 is 12.6. The van der Waals surface area contributed by atoms with Gasteiger partial charge in [-0.2, -0.15) is 13.2 Å². The van der Waals surface area contributed by atoms with Crippen molar-refractivity contribution in [3.8, 4) is 0 Å². The van der Waals surface area contributed by atoms with Crippen LogP contribution in [0.4, 0.5) is 23.7 Å². The SMILES string of the molecule is CC1(O)CCc2c1cc(Cl)c(NC(=O)NCc1cccc(C(F)(F)F)c1)c2Cl. The molecule has 0 aromatic heterocycles. The molecule has 0 aliphatic heterocycles. The maximum atomic E-state index is 12.8. The molecule has 1 aliphatic rings. The quantitative estimate of drug-likeness (QED) is 0.600. The van der Waals surface area contributed by atoms with Gasteiger partial charge in [0, 0.05) is 6.54 Å². The molecule has 0 saturated heterocycles. The summed E-state index contributed by atoms with van der Waals surface area (Å²) in [5.41, 5.74) is 0.00605. The summed E-state index contributed by atoms with van der Waals surface area (Å²) in [4.78, 5) is 12.2. The average Bonchev–Trinajstić information content (AvgIpc) is 2.91. The van der Waals surface area contributed by atoms with Crippen LogP contribution in [0.25, 0.3) is 0 Å². The van der Waals surface area contributed by atoms with Crippen LogP contribution in [-0.4, -0.2) is 11.1 Å². The van der Waals surface area contributed by atoms with E-state index in [-0.39, 0.29) is 22.3 Å². The van der Waals surface area contributed by atoms with Crippen LogP contribution in [-0.2, 0) is 24.7 Å². The topological polar surface area (TPSA) is 61.4 Å². The molecule has 0 heterocycles. The van der Waals surface area contributed by atoms with E-state index in [1.807, 2.05) is 0 Å². The molecule has 2 aromatic carbocycles. The first-order chi connectivity index (χ1) is 13.0. The van der Waals surface area contributed by atoms with Gasteiger partial charge in [-0.05, 0) is 54.7 Å². The molecule has 3 rings (SSSR count). The number of hydrogen-bond acceptors (Lipinski definition) is 2. The number of rotatable bonds is 3. The fourth-order valence-electron chi connectivity index (χ4n) is 3.20. The molecule has 0 bridgehead atoms. The number of nitrogens with one attached hydrogen (secondary N) is 2. The van der Waals surface area contributed by atoms with Gasteiger partial charge in [0.1, 0.15) is 0 Å². The third-order valence-electron chi connectivity index (χ3n) is 4.71. The Hall–Kier alpha value is -1.96. The molecule has 28 heavy (non-hydrogen) atoms. The van der Waals surface area contributed by atoms with E-state index in [1.165, 1.54) is 12.1 Å². The standard InChI is InChI=1S/C19H17Cl2F3N2O2/c1-18(28)6-5-12-13(18)8-14(20)16(15(12)21)26-17(27)25-9-10-3-2-4-11(7-10)19(22,23)24/h2-4,7-8,28H,5-6,9H2,1H3,(H2,25,26,27). The van der Waals surface area contributed by atoms with Crippen molar-refractivity contribution in [3.05, 3.63) is 62.6 Å². The molecule has 0 spiro atoms. The third-order valence-corrected chi connectivity index (χ3v) is 5.42. The van der Waals surface area contributed by atoms with Gasteiger partial charge in [-0.3, -0.25) is 0 Å². The normalized spacial score (nSPS) is 18.7. The van der Waals surface area contributed by atoms with Gasteiger partial charge in [-0.15, -0.1) is 0 Å². The summed E-state index contributed by atoms with van der Waals surface area (Å²) in [6.45, 7) is 1.56. The van der Waals surface area contributed by atoms with Gasteiger partial charge in [0.25, 0.3) is 0 Å². The summed E-state index contributed by atoms with van der Waals surface area (Å²) in [6, 6.07) is 5.59. The number of anilines is 1. The van der Waals surface area contributed by atoms with E-state index in [4.69, 9.17) is 23.2 Å². The molecule has 1 unspecified atom stereocenters. The molecule has 4 nitrogen and oxygen atoms in total. The molecule has 150 valence electrons. The average molecular weight is 433 g/mol. The number of urea groups is 1. The zero-order valence-electron chi connectivity index (χ0n) is 14.8. The maximum Gasteiger partial charge on any atom is 0.416 e. The molecule has 9 heteroatoms. The number of fused-ring (bicyclic) bond motifs is 1. The second-order valence-electron chi connectivity index (χ2n) is 6.85. The number of carbonyl (C=O) groups is 1. The Bertz CT molecular complexity index is 930. The number of aliphatic hydroxyl groups is 1. The third kappa shape index (κ3) is 4.21. The second-order valence-corrected chi connectivity index (χ2v) is 7.64. The van der Waals surface area contributed by atoms with Crippen LogP contribution in [0.2, 0.25) is 10.0 Å². The molecule has 0 saturated carbocycles. The molecular weight excluding hydrogens is 416 g/mol. The van der Waals surface area contributed by atoms with Crippen LogP contribution in [0.3, 0.4) is 0 Å². The number of alkyl halides is 3. The van der Waals surface area contributed by atoms with E-state index in [2.05, 4.69) is 10.6 Å². The van der Waals surface area contributed by atoms with Gasteiger partial charge in [-0.25, -0.2) is 4.79 Å². The van der Waals surface area contributed by atoms with Gasteiger partial charge in [0.2, 0.25) is 0 Å². The molecule has 3 N–H and O–H groups in total. The number of amides is 2. The summed E-state index contributed by atoms with van der Waals surface area (Å²) < 4.78 is 38.3. The molecule has 2 aromatic rings. The van der Waals surface area contributed by atoms with Crippen molar-refractivity contribution in [2.45, 2.75) is 38.1 Å². The van der Waals surface area contributed by atoms with Crippen LogP contribution >= 0.6 is 23.2 Å². The highest BCUT2D eigenvalue weighted by atomic mass is 35.5. The van der Waals surface area contributed by atoms with Crippen molar-refractivity contribution < 1.29 is 23.1 Å². The van der Waals surface area contributed by atoms with Crippen molar-refractivity contribution in [1.82, 2.24) is 5.32 Å². The van der Waals surface area contributed by atoms with Crippen LogP contribution in [0.1, 0.15) is 35.6 Å². The molecule has 1 aliphatic carbocycles. The highest BCUT2D eigenvalue weighted by molar-refractivity contribution is 6.40. The van der Waals surface area contributed by atoms with Crippen LogP contribution in [0, 0.1) is 0 Å². The van der Waals surface area contributed by atoms with Crippen molar-refractivity contribution in [2.24, 2.45) is 0 Å². The Morgan fingerprint density at radius 3 is 2.68 bits per heavy atom. The minimum absolute atomic E-state index is 0.107. The number of hydrogen-bond donors (Lipinski definition) is 3. The maximum absolute atomic E-state index is 12.8. The Kier molecular flexibility index (Phi) is 5.53. The summed E-state index contributed by atoms with van der Waals surface area (Å²) in [6.07, 6.45) is -3.42. The van der Waals surface area contributed by atoms with E-state index in [1.54, 1.807) is 13.0 Å². The lowest BCUT2D eigenvalue weighted by Crippen LogP contribution is -2.28. The van der Waals surface area contributed by atoms with Crippen molar-refractivity contribution in [1.29, 1.82) is 0 Å². The summed E-state index contributed by atoms with van der Waals surface area (Å²) in [5.74, 6) is 0. The van der Waals surface area contributed by atoms with E-state index in [0.717, 1.165) is 12.1 Å². The second kappa shape index (κ2) is 7.46. The number of halogens is 5. The van der Waals surface area contributed by atoms with Crippen LogP contribution in [0.5, 0.6) is 0 Å². The largest absolute Gasteiger partial charge is 0.416 e. The van der Waals surface area contributed by atoms with Crippen molar-refractivity contribution in [3.63, 3.8) is 0 Å². The number of carbonyl (C=O) groups excluding carboxylic acids is 1. The van der Waals surface area contributed by atoms with Crippen molar-refractivity contribution >= 4 is 34.9 Å². The van der Waals surface area contributed by atoms with E-state index < -0.39 is 23.4 Å². The smallest absolute Gasteiger partial charge is 0.385 e. The van der Waals surface area contributed by atoms with E-state index in [0.29, 0.717) is 29.5 Å². The van der Waals surface area contributed by atoms with Crippen LogP contribution in [0.15, 0.2) is 30.3 Å². The van der Waals surface area contributed by atoms with Gasteiger partial charge >= 0.3 is 12.2 Å². The molecule has 0 fully saturated rings. The fourth-order valence-corrected chi connectivity index (χ4v) is 3.84. The van der Waals surface area contributed by atoms with E-state index in [9.17, 15) is 23.1 Å². The number of benzene rings is 2. The Labute approximate surface area is 169 Å². The molecule has 2 amide bonds. The first kappa shape index (κ1) is 20.8. The lowest BCUT2D eigenvalue weighted by molar-refractivity contribution is -0.137. The predicted octanol–water partition coefficient (Wildman–Crippen LogP) is 5.49. The Morgan fingerprint density at radius 1 is 1.29 bits per heavy atom. The zero-order valence-corrected chi connectivity index (χ0v) is 16.3. The Balaban J connectivity index is 1.71. The fraction of sp³-hybridized carbons (Fsp3) is 0.316. The van der Waals surface area contributed by atoms with E-state index >= 15 is 0 Å². The highest BCUT2D eigenvalue weighted by Crippen LogP contribution is 2.45. The molecule has 0 radical (unpaired) electrons. The molecular formula is C19H17Cl2F3N2O2. The summed E-state index contributed by atoms with van der Waals surface area (Å²) in [5, 5.41) is 15.8. The lowest BCUT2D eigenvalue weighted by atomic mass is 9.98. The highest BCUT2D eigenvalue weighted by Gasteiger charge is 2.35. The first-order valence-electron chi connectivity index (χ1n) is 8.44. The van der Waals surface area contributed by atoms with Crippen molar-refractivity contribution in [2.75, 3.05) is 5.32 Å². The van der Waals surface area contributed by atoms with Gasteiger partial charge in [0.15, 0.2) is 0 Å². The lowest BCUT2D eigenvalue weighted by Gasteiger charge is -2.20. The predicted molar refractivity (Wildman–Crippen MR) is 102 cm³/mol.